The van der Waals surface area contributed by atoms with Crippen molar-refractivity contribution in [1.82, 2.24) is 0 Å². The minimum atomic E-state index is -4.19. The van der Waals surface area contributed by atoms with E-state index in [1.165, 1.54) is 0 Å². The fourth-order valence-electron chi connectivity index (χ4n) is 2.30. The van der Waals surface area contributed by atoms with Crippen molar-refractivity contribution in [3.8, 4) is 0 Å². The first-order chi connectivity index (χ1) is 10.6. The SMILES string of the molecule is CC(C)(OS(=O)(=O)OC(C)(C)c1ccccc1)c1ccccc1.[Ba]. The van der Waals surface area contributed by atoms with Gasteiger partial charge in [-0.05, 0) is 38.8 Å². The average Bonchev–Trinajstić information content (AvgIpc) is 2.47. The minimum Gasteiger partial charge on any atom is -0.237 e. The van der Waals surface area contributed by atoms with Crippen LogP contribution in [0, 0.1) is 0 Å². The Labute approximate surface area is 185 Å². The van der Waals surface area contributed by atoms with Crippen LogP contribution in [-0.4, -0.2) is 57.3 Å². The number of benzene rings is 2. The van der Waals surface area contributed by atoms with Crippen LogP contribution in [0.5, 0.6) is 0 Å². The Morgan fingerprint density at radius 3 is 1.25 bits per heavy atom. The summed E-state index contributed by atoms with van der Waals surface area (Å²) in [6.45, 7) is 6.77. The van der Waals surface area contributed by atoms with Gasteiger partial charge in [-0.15, -0.1) is 0 Å². The van der Waals surface area contributed by atoms with Gasteiger partial charge in [-0.25, -0.2) is 8.37 Å². The van der Waals surface area contributed by atoms with Crippen LogP contribution in [0.15, 0.2) is 60.7 Å². The van der Waals surface area contributed by atoms with Gasteiger partial charge in [0.2, 0.25) is 0 Å². The molecule has 4 nitrogen and oxygen atoms in total. The summed E-state index contributed by atoms with van der Waals surface area (Å²) < 4.78 is 35.4. The van der Waals surface area contributed by atoms with E-state index in [2.05, 4.69) is 0 Å². The molecule has 0 saturated carbocycles. The summed E-state index contributed by atoms with van der Waals surface area (Å²) in [5, 5.41) is 0. The second-order valence-corrected chi connectivity index (χ2v) is 7.48. The molecule has 6 heteroatoms. The Morgan fingerprint density at radius 1 is 0.667 bits per heavy atom. The maximum absolute atomic E-state index is 12.4. The summed E-state index contributed by atoms with van der Waals surface area (Å²) in [6.07, 6.45) is 0. The van der Waals surface area contributed by atoms with Crippen molar-refractivity contribution in [2.24, 2.45) is 0 Å². The van der Waals surface area contributed by atoms with Gasteiger partial charge in [-0.1, -0.05) is 60.7 Å². The molecule has 0 bridgehead atoms. The first-order valence-corrected chi connectivity index (χ1v) is 8.73. The van der Waals surface area contributed by atoms with E-state index in [1.54, 1.807) is 27.7 Å². The Morgan fingerprint density at radius 2 is 0.958 bits per heavy atom. The van der Waals surface area contributed by atoms with E-state index in [-0.39, 0.29) is 48.9 Å². The van der Waals surface area contributed by atoms with Crippen molar-refractivity contribution >= 4 is 59.3 Å². The van der Waals surface area contributed by atoms with Gasteiger partial charge in [0.25, 0.3) is 0 Å². The van der Waals surface area contributed by atoms with Crippen molar-refractivity contribution in [1.29, 1.82) is 0 Å². The van der Waals surface area contributed by atoms with Crippen molar-refractivity contribution in [3.05, 3.63) is 71.8 Å². The average molecular weight is 472 g/mol. The molecule has 0 spiro atoms. The van der Waals surface area contributed by atoms with Gasteiger partial charge in [0, 0.05) is 48.9 Å². The van der Waals surface area contributed by atoms with Gasteiger partial charge >= 0.3 is 10.4 Å². The maximum atomic E-state index is 12.4. The van der Waals surface area contributed by atoms with E-state index in [0.717, 1.165) is 11.1 Å². The topological polar surface area (TPSA) is 52.6 Å². The molecule has 0 aliphatic rings. The molecule has 0 aliphatic heterocycles. The number of hydrogen-bond donors (Lipinski definition) is 0. The zero-order valence-corrected chi connectivity index (χ0v) is 19.8. The van der Waals surface area contributed by atoms with Crippen LogP contribution < -0.4 is 0 Å². The summed E-state index contributed by atoms with van der Waals surface area (Å²) in [5.74, 6) is 0. The molecule has 0 saturated heterocycles. The second kappa shape index (κ2) is 8.51. The Bertz CT molecular complexity index is 682. The van der Waals surface area contributed by atoms with E-state index in [9.17, 15) is 8.42 Å². The Hall–Kier alpha value is -0.119. The molecule has 0 atom stereocenters. The monoisotopic (exact) mass is 472 g/mol. The zero-order valence-electron chi connectivity index (χ0n) is 14.5. The molecule has 126 valence electrons. The summed E-state index contributed by atoms with van der Waals surface area (Å²) in [4.78, 5) is 0. The molecule has 2 aromatic rings. The van der Waals surface area contributed by atoms with Gasteiger partial charge < -0.3 is 0 Å². The fraction of sp³-hybridized carbons (Fsp3) is 0.333. The fourth-order valence-corrected chi connectivity index (χ4v) is 3.55. The summed E-state index contributed by atoms with van der Waals surface area (Å²) in [7, 11) is -4.19. The maximum Gasteiger partial charge on any atom is 0.401 e. The van der Waals surface area contributed by atoms with Crippen LogP contribution in [-0.2, 0) is 30.0 Å². The summed E-state index contributed by atoms with van der Waals surface area (Å²) in [5.41, 5.74) is -0.533. The third-order valence-corrected chi connectivity index (χ3v) is 4.80. The molecule has 2 aromatic carbocycles. The first-order valence-electron chi connectivity index (χ1n) is 7.40. The van der Waals surface area contributed by atoms with E-state index in [0.29, 0.717) is 0 Å². The van der Waals surface area contributed by atoms with Crippen molar-refractivity contribution in [2.45, 2.75) is 38.9 Å². The summed E-state index contributed by atoms with van der Waals surface area (Å²) >= 11 is 0. The van der Waals surface area contributed by atoms with E-state index < -0.39 is 21.6 Å². The van der Waals surface area contributed by atoms with Gasteiger partial charge in [0.1, 0.15) is 11.2 Å². The second-order valence-electron chi connectivity index (χ2n) is 6.33. The largest absolute Gasteiger partial charge is 0.401 e. The van der Waals surface area contributed by atoms with Crippen LogP contribution in [0.1, 0.15) is 38.8 Å². The van der Waals surface area contributed by atoms with Crippen LogP contribution in [0.2, 0.25) is 0 Å². The van der Waals surface area contributed by atoms with Crippen LogP contribution in [0.25, 0.3) is 0 Å². The van der Waals surface area contributed by atoms with Crippen LogP contribution in [0.3, 0.4) is 0 Å². The van der Waals surface area contributed by atoms with E-state index in [1.807, 2.05) is 60.7 Å². The molecular weight excluding hydrogens is 450 g/mol. The third kappa shape index (κ3) is 6.00. The molecule has 0 amide bonds. The van der Waals surface area contributed by atoms with Crippen LogP contribution >= 0.6 is 0 Å². The van der Waals surface area contributed by atoms with E-state index in [4.69, 9.17) is 8.37 Å². The van der Waals surface area contributed by atoms with Gasteiger partial charge in [0.15, 0.2) is 0 Å². The number of rotatable bonds is 6. The Balaban J connectivity index is 0.00000288. The quantitative estimate of drug-likeness (QED) is 0.602. The van der Waals surface area contributed by atoms with E-state index >= 15 is 0 Å². The molecule has 0 N–H and O–H groups in total. The normalized spacial score (nSPS) is 12.5. The Kier molecular flexibility index (Phi) is 7.77. The predicted octanol–water partition coefficient (Wildman–Crippen LogP) is 3.75. The van der Waals surface area contributed by atoms with Crippen molar-refractivity contribution in [3.63, 3.8) is 0 Å². The molecular formula is C18H22BaO4S. The molecule has 0 unspecified atom stereocenters. The van der Waals surface area contributed by atoms with Gasteiger partial charge in [-0.2, -0.15) is 8.42 Å². The van der Waals surface area contributed by atoms with Gasteiger partial charge in [-0.3, -0.25) is 0 Å². The molecule has 0 heterocycles. The molecule has 2 radical (unpaired) electrons. The van der Waals surface area contributed by atoms with Gasteiger partial charge in [0.05, 0.1) is 0 Å². The van der Waals surface area contributed by atoms with Crippen molar-refractivity contribution in [2.75, 3.05) is 0 Å². The molecule has 0 aliphatic carbocycles. The third-order valence-electron chi connectivity index (χ3n) is 3.56. The number of hydrogen-bond acceptors (Lipinski definition) is 4. The first kappa shape index (κ1) is 21.9. The van der Waals surface area contributed by atoms with Crippen LogP contribution in [0.4, 0.5) is 0 Å². The van der Waals surface area contributed by atoms with Crippen molar-refractivity contribution < 1.29 is 16.8 Å². The molecule has 24 heavy (non-hydrogen) atoms. The molecule has 2 rings (SSSR count). The minimum absolute atomic E-state index is 0. The smallest absolute Gasteiger partial charge is 0.237 e. The predicted molar refractivity (Wildman–Crippen MR) is 95.8 cm³/mol. The molecule has 0 fully saturated rings. The summed E-state index contributed by atoms with van der Waals surface area (Å²) in [6, 6.07) is 18.3. The zero-order chi connectivity index (χ0) is 17.1. The molecule has 0 aromatic heterocycles. The standard InChI is InChI=1S/C18H22O4S.Ba/c1-17(2,15-11-7-5-8-12-15)21-23(19,20)22-18(3,4)16-13-9-6-10-14-16;/h5-14H,1-4H3;.